The van der Waals surface area contributed by atoms with Crippen molar-refractivity contribution in [2.45, 2.75) is 27.2 Å². The van der Waals surface area contributed by atoms with Crippen molar-refractivity contribution in [2.24, 2.45) is 0 Å². The Balaban J connectivity index is 1.83. The third kappa shape index (κ3) is 6.71. The highest BCUT2D eigenvalue weighted by Gasteiger charge is 2.07. The van der Waals surface area contributed by atoms with Gasteiger partial charge in [-0.3, -0.25) is 9.59 Å². The number of nitrogens with one attached hydrogen (secondary N) is 3. The summed E-state index contributed by atoms with van der Waals surface area (Å²) in [5.41, 5.74) is 3.48. The second-order valence-electron chi connectivity index (χ2n) is 6.04. The van der Waals surface area contributed by atoms with Crippen LogP contribution in [0.25, 0.3) is 0 Å². The van der Waals surface area contributed by atoms with E-state index in [0.29, 0.717) is 23.5 Å². The fourth-order valence-electron chi connectivity index (χ4n) is 2.32. The molecular weight excluding hydrogens is 362 g/mol. The zero-order valence-corrected chi connectivity index (χ0v) is 16.4. The number of benzene rings is 2. The molecule has 0 radical (unpaired) electrons. The number of carbonyl (C=O) groups is 2. The highest BCUT2D eigenvalue weighted by atomic mass is 32.1. The second kappa shape index (κ2) is 9.68. The number of hydrogen-bond donors (Lipinski definition) is 3. The minimum atomic E-state index is -0.249. The van der Waals surface area contributed by atoms with Crippen molar-refractivity contribution in [1.29, 1.82) is 0 Å². The second-order valence-corrected chi connectivity index (χ2v) is 6.45. The number of amides is 2. The highest BCUT2D eigenvalue weighted by Crippen LogP contribution is 2.19. The molecule has 27 heavy (non-hydrogen) atoms. The maximum absolute atomic E-state index is 12.1. The van der Waals surface area contributed by atoms with Crippen LogP contribution in [-0.2, 0) is 9.59 Å². The molecule has 3 N–H and O–H groups in total. The van der Waals surface area contributed by atoms with Gasteiger partial charge in [0.05, 0.1) is 0 Å². The maximum Gasteiger partial charge on any atom is 0.262 e. The molecule has 2 aromatic rings. The first-order valence-electron chi connectivity index (χ1n) is 8.58. The van der Waals surface area contributed by atoms with E-state index in [4.69, 9.17) is 17.0 Å². The summed E-state index contributed by atoms with van der Waals surface area (Å²) in [7, 11) is 0. The summed E-state index contributed by atoms with van der Waals surface area (Å²) in [5, 5.41) is 8.47. The Morgan fingerprint density at radius 2 is 1.59 bits per heavy atom. The number of rotatable bonds is 6. The summed E-state index contributed by atoms with van der Waals surface area (Å²) < 4.78 is 5.57. The highest BCUT2D eigenvalue weighted by molar-refractivity contribution is 7.80. The lowest BCUT2D eigenvalue weighted by atomic mass is 10.1. The van der Waals surface area contributed by atoms with Crippen LogP contribution < -0.4 is 20.7 Å². The van der Waals surface area contributed by atoms with Crippen LogP contribution in [0.3, 0.4) is 0 Å². The monoisotopic (exact) mass is 385 g/mol. The van der Waals surface area contributed by atoms with E-state index in [1.165, 1.54) is 0 Å². The van der Waals surface area contributed by atoms with Crippen molar-refractivity contribution in [2.75, 3.05) is 17.2 Å². The molecule has 0 saturated heterocycles. The zero-order valence-electron chi connectivity index (χ0n) is 15.6. The Kier molecular flexibility index (Phi) is 7.31. The number of ether oxygens (including phenoxy) is 1. The molecule has 0 atom stereocenters. The summed E-state index contributed by atoms with van der Waals surface area (Å²) in [6, 6.07) is 12.8. The molecule has 6 nitrogen and oxygen atoms in total. The first-order chi connectivity index (χ1) is 12.9. The van der Waals surface area contributed by atoms with Crippen LogP contribution in [0, 0.1) is 13.8 Å². The predicted octanol–water partition coefficient (Wildman–Crippen LogP) is 3.54. The molecule has 2 aromatic carbocycles. The van der Waals surface area contributed by atoms with E-state index in [1.807, 2.05) is 32.0 Å². The topological polar surface area (TPSA) is 79.5 Å². The van der Waals surface area contributed by atoms with Crippen LogP contribution in [0.1, 0.15) is 24.5 Å². The van der Waals surface area contributed by atoms with E-state index >= 15 is 0 Å². The molecule has 0 aliphatic carbocycles. The standard InChI is InChI=1S/C20H23N3O3S/c1-4-18(24)23-20(27)22-16-8-6-15(7-9-16)21-19(25)12-26-17-10-5-13(2)11-14(17)3/h5-11H,4,12H2,1-3H3,(H,21,25)(H2,22,23,24,27). The van der Waals surface area contributed by atoms with Crippen molar-refractivity contribution in [1.82, 2.24) is 5.32 Å². The van der Waals surface area contributed by atoms with Gasteiger partial charge in [0, 0.05) is 17.8 Å². The molecule has 0 aliphatic heterocycles. The quantitative estimate of drug-likeness (QED) is 0.663. The number of anilines is 2. The van der Waals surface area contributed by atoms with Gasteiger partial charge in [0.1, 0.15) is 5.75 Å². The van der Waals surface area contributed by atoms with E-state index in [0.717, 1.165) is 11.1 Å². The van der Waals surface area contributed by atoms with Gasteiger partial charge < -0.3 is 20.7 Å². The maximum atomic E-state index is 12.1. The number of carbonyl (C=O) groups excluding carboxylic acids is 2. The predicted molar refractivity (Wildman–Crippen MR) is 111 cm³/mol. The number of hydrogen-bond acceptors (Lipinski definition) is 4. The molecule has 142 valence electrons. The molecule has 0 fully saturated rings. The van der Waals surface area contributed by atoms with Crippen LogP contribution in [0.15, 0.2) is 42.5 Å². The first-order valence-corrected chi connectivity index (χ1v) is 8.99. The van der Waals surface area contributed by atoms with Gasteiger partial charge in [-0.1, -0.05) is 24.6 Å². The molecule has 0 unspecified atom stereocenters. The normalized spacial score (nSPS) is 10.0. The van der Waals surface area contributed by atoms with Crippen molar-refractivity contribution in [3.05, 3.63) is 53.6 Å². The molecule has 2 amide bonds. The molecule has 0 heterocycles. The summed E-state index contributed by atoms with van der Waals surface area (Å²) in [4.78, 5) is 23.4. The van der Waals surface area contributed by atoms with Crippen molar-refractivity contribution >= 4 is 40.5 Å². The van der Waals surface area contributed by atoms with Gasteiger partial charge in [0.25, 0.3) is 5.91 Å². The lowest BCUT2D eigenvalue weighted by Crippen LogP contribution is -2.33. The number of aryl methyl sites for hydroxylation is 2. The summed E-state index contributed by atoms with van der Waals surface area (Å²) in [6.07, 6.45) is 0.358. The Morgan fingerprint density at radius 1 is 0.963 bits per heavy atom. The van der Waals surface area contributed by atoms with Gasteiger partial charge in [0.15, 0.2) is 11.7 Å². The van der Waals surface area contributed by atoms with Crippen LogP contribution in [-0.4, -0.2) is 23.5 Å². The van der Waals surface area contributed by atoms with Gasteiger partial charge in [0.2, 0.25) is 5.91 Å². The minimum absolute atomic E-state index is 0.0724. The van der Waals surface area contributed by atoms with Crippen molar-refractivity contribution in [3.8, 4) is 5.75 Å². The Labute approximate surface area is 164 Å². The van der Waals surface area contributed by atoms with Gasteiger partial charge in [-0.25, -0.2) is 0 Å². The minimum Gasteiger partial charge on any atom is -0.483 e. The Hall–Kier alpha value is -2.93. The third-order valence-electron chi connectivity index (χ3n) is 3.69. The third-order valence-corrected chi connectivity index (χ3v) is 3.89. The van der Waals surface area contributed by atoms with E-state index in [1.54, 1.807) is 31.2 Å². The average molecular weight is 385 g/mol. The lowest BCUT2D eigenvalue weighted by Gasteiger charge is -2.11. The fraction of sp³-hybridized carbons (Fsp3) is 0.250. The van der Waals surface area contributed by atoms with Gasteiger partial charge in [-0.2, -0.15) is 0 Å². The molecular formula is C20H23N3O3S. The van der Waals surface area contributed by atoms with Gasteiger partial charge in [-0.15, -0.1) is 0 Å². The summed E-state index contributed by atoms with van der Waals surface area (Å²) in [5.74, 6) is 0.291. The molecule has 0 bridgehead atoms. The summed E-state index contributed by atoms with van der Waals surface area (Å²) >= 11 is 5.05. The first kappa shape index (κ1) is 20.4. The molecule has 0 aliphatic rings. The van der Waals surface area contributed by atoms with E-state index < -0.39 is 0 Å². The molecule has 2 rings (SSSR count). The van der Waals surface area contributed by atoms with Gasteiger partial charge in [-0.05, 0) is 62.0 Å². The Morgan fingerprint density at radius 3 is 2.19 bits per heavy atom. The summed E-state index contributed by atoms with van der Waals surface area (Å²) in [6.45, 7) is 5.63. The van der Waals surface area contributed by atoms with Crippen LogP contribution in [0.4, 0.5) is 11.4 Å². The smallest absolute Gasteiger partial charge is 0.262 e. The van der Waals surface area contributed by atoms with Gasteiger partial charge >= 0.3 is 0 Å². The average Bonchev–Trinajstić information content (AvgIpc) is 2.62. The lowest BCUT2D eigenvalue weighted by molar-refractivity contribution is -0.119. The fourth-order valence-corrected chi connectivity index (χ4v) is 2.55. The molecule has 7 heteroatoms. The van der Waals surface area contributed by atoms with Crippen molar-refractivity contribution < 1.29 is 14.3 Å². The molecule has 0 saturated carbocycles. The van der Waals surface area contributed by atoms with Crippen LogP contribution in [0.5, 0.6) is 5.75 Å². The SMILES string of the molecule is CCC(=O)NC(=S)Nc1ccc(NC(=O)COc2ccc(C)cc2C)cc1. The Bertz CT molecular complexity index is 835. The number of thiocarbonyl (C=S) groups is 1. The van der Waals surface area contributed by atoms with Crippen LogP contribution >= 0.6 is 12.2 Å². The largest absolute Gasteiger partial charge is 0.483 e. The van der Waals surface area contributed by atoms with Crippen molar-refractivity contribution in [3.63, 3.8) is 0 Å². The van der Waals surface area contributed by atoms with E-state index in [2.05, 4.69) is 16.0 Å². The van der Waals surface area contributed by atoms with E-state index in [9.17, 15) is 9.59 Å². The molecule has 0 aromatic heterocycles. The van der Waals surface area contributed by atoms with E-state index in [-0.39, 0.29) is 23.5 Å². The van der Waals surface area contributed by atoms with Crippen LogP contribution in [0.2, 0.25) is 0 Å². The zero-order chi connectivity index (χ0) is 19.8. The molecule has 0 spiro atoms.